The normalized spacial score (nSPS) is 16.1. The number of carbonyl (C=O) groups is 2. The first-order valence-electron chi connectivity index (χ1n) is 12.6. The quantitative estimate of drug-likeness (QED) is 0.305. The number of aromatic nitrogens is 1. The molecule has 4 rings (SSSR count). The Morgan fingerprint density at radius 1 is 1.11 bits per heavy atom. The van der Waals surface area contributed by atoms with Crippen LogP contribution in [0.15, 0.2) is 52.9 Å². The van der Waals surface area contributed by atoms with Gasteiger partial charge in [0.2, 0.25) is 11.8 Å². The van der Waals surface area contributed by atoms with Crippen LogP contribution in [-0.2, 0) is 9.59 Å². The van der Waals surface area contributed by atoms with E-state index < -0.39 is 12.1 Å². The highest BCUT2D eigenvalue weighted by Gasteiger charge is 2.32. The number of oxazole rings is 1. The minimum Gasteiger partial charge on any atom is -0.438 e. The number of ether oxygens (including phenoxy) is 1. The molecule has 1 aliphatic carbocycles. The lowest BCUT2D eigenvalue weighted by molar-refractivity contribution is -0.137. The van der Waals surface area contributed by atoms with E-state index in [4.69, 9.17) is 9.15 Å². The largest absolute Gasteiger partial charge is 0.438 e. The fourth-order valence-electron chi connectivity index (χ4n) is 5.05. The van der Waals surface area contributed by atoms with E-state index in [1.807, 2.05) is 25.1 Å². The molecule has 0 radical (unpaired) electrons. The maximum atomic E-state index is 13.2. The SMILES string of the molecule is CCC(=O)N(C1CCCCC1)C(CCC(O)c1nc2ccc(OC(C)=O)cc2o1)c1ccccc1. The van der Waals surface area contributed by atoms with Crippen molar-refractivity contribution < 1.29 is 23.8 Å². The van der Waals surface area contributed by atoms with Crippen LogP contribution in [0.1, 0.15) is 88.8 Å². The van der Waals surface area contributed by atoms with Gasteiger partial charge >= 0.3 is 5.97 Å². The zero-order chi connectivity index (χ0) is 24.8. The van der Waals surface area contributed by atoms with E-state index in [0.29, 0.717) is 36.1 Å². The lowest BCUT2D eigenvalue weighted by atomic mass is 9.90. The second kappa shape index (κ2) is 11.5. The van der Waals surface area contributed by atoms with Crippen molar-refractivity contribution >= 4 is 23.0 Å². The van der Waals surface area contributed by atoms with E-state index >= 15 is 0 Å². The van der Waals surface area contributed by atoms with E-state index in [9.17, 15) is 14.7 Å². The van der Waals surface area contributed by atoms with Crippen LogP contribution in [0.3, 0.4) is 0 Å². The highest BCUT2D eigenvalue weighted by molar-refractivity contribution is 5.77. The third-order valence-corrected chi connectivity index (χ3v) is 6.72. The Labute approximate surface area is 206 Å². The Morgan fingerprint density at radius 2 is 1.86 bits per heavy atom. The van der Waals surface area contributed by atoms with Crippen molar-refractivity contribution in [3.8, 4) is 5.75 Å². The molecule has 0 aliphatic heterocycles. The van der Waals surface area contributed by atoms with Crippen molar-refractivity contribution in [2.45, 2.75) is 83.4 Å². The molecule has 1 amide bonds. The maximum Gasteiger partial charge on any atom is 0.308 e. The molecule has 1 fully saturated rings. The van der Waals surface area contributed by atoms with Gasteiger partial charge in [-0.2, -0.15) is 0 Å². The second-order valence-electron chi connectivity index (χ2n) is 9.24. The lowest BCUT2D eigenvalue weighted by Crippen LogP contribution is -2.43. The first-order chi connectivity index (χ1) is 17.0. The van der Waals surface area contributed by atoms with E-state index in [0.717, 1.165) is 31.2 Å². The number of hydrogen-bond donors (Lipinski definition) is 1. The maximum absolute atomic E-state index is 13.2. The summed E-state index contributed by atoms with van der Waals surface area (Å²) in [6.07, 6.45) is 6.06. The van der Waals surface area contributed by atoms with Gasteiger partial charge < -0.3 is 19.2 Å². The molecule has 2 unspecified atom stereocenters. The number of rotatable bonds is 9. The molecule has 7 heteroatoms. The smallest absolute Gasteiger partial charge is 0.308 e. The summed E-state index contributed by atoms with van der Waals surface area (Å²) in [4.78, 5) is 30.9. The summed E-state index contributed by atoms with van der Waals surface area (Å²) in [5.74, 6) is 0.325. The molecule has 1 aliphatic rings. The van der Waals surface area contributed by atoms with Gasteiger partial charge in [-0.25, -0.2) is 4.98 Å². The van der Waals surface area contributed by atoms with Gasteiger partial charge in [0.1, 0.15) is 17.4 Å². The van der Waals surface area contributed by atoms with E-state index in [-0.39, 0.29) is 23.9 Å². The van der Waals surface area contributed by atoms with Gasteiger partial charge in [0.15, 0.2) is 5.58 Å². The Bertz CT molecular complexity index is 1140. The summed E-state index contributed by atoms with van der Waals surface area (Å²) in [5, 5.41) is 11.0. The molecule has 186 valence electrons. The zero-order valence-corrected chi connectivity index (χ0v) is 20.5. The van der Waals surface area contributed by atoms with E-state index in [1.54, 1.807) is 18.2 Å². The van der Waals surface area contributed by atoms with Crippen LogP contribution in [0.25, 0.3) is 11.1 Å². The molecule has 1 saturated carbocycles. The third kappa shape index (κ3) is 6.09. The topological polar surface area (TPSA) is 92.9 Å². The van der Waals surface area contributed by atoms with Crippen LogP contribution < -0.4 is 4.74 Å². The van der Waals surface area contributed by atoms with Gasteiger partial charge in [-0.15, -0.1) is 0 Å². The summed E-state index contributed by atoms with van der Waals surface area (Å²) in [7, 11) is 0. The summed E-state index contributed by atoms with van der Waals surface area (Å²) >= 11 is 0. The summed E-state index contributed by atoms with van der Waals surface area (Å²) in [6.45, 7) is 3.25. The first kappa shape index (κ1) is 24.9. The van der Waals surface area contributed by atoms with Gasteiger partial charge in [-0.05, 0) is 43.4 Å². The zero-order valence-electron chi connectivity index (χ0n) is 20.5. The predicted molar refractivity (Wildman–Crippen MR) is 133 cm³/mol. The van der Waals surface area contributed by atoms with Crippen molar-refractivity contribution in [1.29, 1.82) is 0 Å². The fourth-order valence-corrected chi connectivity index (χ4v) is 5.05. The molecule has 35 heavy (non-hydrogen) atoms. The van der Waals surface area contributed by atoms with Gasteiger partial charge in [0, 0.05) is 25.5 Å². The minimum absolute atomic E-state index is 0.124. The molecule has 1 N–H and O–H groups in total. The Balaban J connectivity index is 1.55. The number of hydrogen-bond acceptors (Lipinski definition) is 6. The molecular formula is C28H34N2O5. The summed E-state index contributed by atoms with van der Waals surface area (Å²) < 4.78 is 10.9. The first-order valence-corrected chi connectivity index (χ1v) is 12.6. The second-order valence-corrected chi connectivity index (χ2v) is 9.24. The number of carbonyl (C=O) groups excluding carboxylic acids is 2. The highest BCUT2D eigenvalue weighted by atomic mass is 16.5. The molecule has 7 nitrogen and oxygen atoms in total. The Hall–Kier alpha value is -3.19. The van der Waals surface area contributed by atoms with Gasteiger partial charge in [-0.3, -0.25) is 9.59 Å². The van der Waals surface area contributed by atoms with Crippen LogP contribution >= 0.6 is 0 Å². The molecule has 1 aromatic heterocycles. The van der Waals surface area contributed by atoms with Crippen LogP contribution in [0, 0.1) is 0 Å². The van der Waals surface area contributed by atoms with Crippen LogP contribution in [0.2, 0.25) is 0 Å². The van der Waals surface area contributed by atoms with Crippen molar-refractivity contribution in [1.82, 2.24) is 9.88 Å². The van der Waals surface area contributed by atoms with Crippen LogP contribution in [-0.4, -0.2) is 32.9 Å². The number of esters is 1. The predicted octanol–water partition coefficient (Wildman–Crippen LogP) is 5.88. The highest BCUT2D eigenvalue weighted by Crippen LogP contribution is 2.36. The van der Waals surface area contributed by atoms with Crippen molar-refractivity contribution in [2.75, 3.05) is 0 Å². The number of aliphatic hydroxyl groups excluding tert-OH is 1. The number of nitrogens with zero attached hydrogens (tertiary/aromatic N) is 2. The average Bonchev–Trinajstić information content (AvgIpc) is 3.30. The molecule has 0 bridgehead atoms. The van der Waals surface area contributed by atoms with Crippen molar-refractivity contribution in [3.05, 3.63) is 60.0 Å². The van der Waals surface area contributed by atoms with Crippen molar-refractivity contribution in [2.24, 2.45) is 0 Å². The van der Waals surface area contributed by atoms with E-state index in [2.05, 4.69) is 22.0 Å². The number of benzene rings is 2. The number of fused-ring (bicyclic) bond motifs is 1. The Morgan fingerprint density at radius 3 is 2.54 bits per heavy atom. The average molecular weight is 479 g/mol. The molecular weight excluding hydrogens is 444 g/mol. The fraction of sp³-hybridized carbons (Fsp3) is 0.464. The summed E-state index contributed by atoms with van der Waals surface area (Å²) in [5.41, 5.74) is 2.11. The van der Waals surface area contributed by atoms with Gasteiger partial charge in [0.25, 0.3) is 0 Å². The molecule has 0 saturated heterocycles. The van der Waals surface area contributed by atoms with Gasteiger partial charge in [-0.1, -0.05) is 56.5 Å². The molecule has 3 aromatic rings. The third-order valence-electron chi connectivity index (χ3n) is 6.72. The van der Waals surface area contributed by atoms with Crippen molar-refractivity contribution in [3.63, 3.8) is 0 Å². The molecule has 0 spiro atoms. The number of aliphatic hydroxyl groups is 1. The number of amides is 1. The molecule has 2 aromatic carbocycles. The van der Waals surface area contributed by atoms with Crippen LogP contribution in [0.4, 0.5) is 0 Å². The van der Waals surface area contributed by atoms with E-state index in [1.165, 1.54) is 13.3 Å². The molecule has 1 heterocycles. The van der Waals surface area contributed by atoms with Gasteiger partial charge in [0.05, 0.1) is 6.04 Å². The Kier molecular flexibility index (Phi) is 8.18. The van der Waals surface area contributed by atoms with Crippen LogP contribution in [0.5, 0.6) is 5.75 Å². The lowest BCUT2D eigenvalue weighted by Gasteiger charge is -2.40. The summed E-state index contributed by atoms with van der Waals surface area (Å²) in [6, 6.07) is 15.1. The standard InChI is InChI=1S/C28H34N2O5/c1-3-27(33)30(21-12-8-5-9-13-21)24(20-10-6-4-7-11-20)16-17-25(32)28-29-23-15-14-22(34-19(2)31)18-26(23)35-28/h4,6-7,10-11,14-15,18,21,24-25,32H,3,5,8-9,12-13,16-17H2,1-2H3. The molecule has 2 atom stereocenters. The monoisotopic (exact) mass is 478 g/mol. The minimum atomic E-state index is -0.921.